The first-order chi connectivity index (χ1) is 13.0. The maximum atomic E-state index is 13.1. The number of piperazine rings is 1. The van der Waals surface area contributed by atoms with Crippen molar-refractivity contribution in [3.05, 3.63) is 59.4 Å². The highest BCUT2D eigenvalue weighted by atomic mass is 19.1. The SMILES string of the molecule is CCc1cccc(C(C)C)c1NC(=O)N1CCN(c2ccc(F)cc2)CC1. The number of hydrogen-bond acceptors (Lipinski definition) is 2. The Bertz CT molecular complexity index is 781. The van der Waals surface area contributed by atoms with Crippen LogP contribution >= 0.6 is 0 Å². The van der Waals surface area contributed by atoms with Crippen molar-refractivity contribution in [1.29, 1.82) is 0 Å². The predicted molar refractivity (Wildman–Crippen MR) is 109 cm³/mol. The number of aryl methyl sites for hydroxylation is 1. The largest absolute Gasteiger partial charge is 0.368 e. The Kier molecular flexibility index (Phi) is 5.99. The molecule has 3 rings (SSSR count). The lowest BCUT2D eigenvalue weighted by Gasteiger charge is -2.36. The van der Waals surface area contributed by atoms with Gasteiger partial charge in [-0.3, -0.25) is 0 Å². The molecule has 0 atom stereocenters. The zero-order valence-corrected chi connectivity index (χ0v) is 16.3. The Morgan fingerprint density at radius 2 is 1.74 bits per heavy atom. The highest BCUT2D eigenvalue weighted by molar-refractivity contribution is 5.91. The molecule has 1 heterocycles. The molecule has 0 aromatic heterocycles. The second-order valence-corrected chi connectivity index (χ2v) is 7.27. The summed E-state index contributed by atoms with van der Waals surface area (Å²) in [5.41, 5.74) is 4.29. The van der Waals surface area contributed by atoms with E-state index in [2.05, 4.69) is 49.2 Å². The van der Waals surface area contributed by atoms with E-state index in [1.165, 1.54) is 23.3 Å². The van der Waals surface area contributed by atoms with Gasteiger partial charge in [-0.15, -0.1) is 0 Å². The summed E-state index contributed by atoms with van der Waals surface area (Å²) >= 11 is 0. The predicted octanol–water partition coefficient (Wildman–Crippen LogP) is 4.87. The lowest BCUT2D eigenvalue weighted by Crippen LogP contribution is -2.50. The molecule has 1 fully saturated rings. The first kappa shape index (κ1) is 19.2. The molecule has 27 heavy (non-hydrogen) atoms. The topological polar surface area (TPSA) is 35.6 Å². The van der Waals surface area contributed by atoms with Gasteiger partial charge in [0, 0.05) is 37.6 Å². The first-order valence-corrected chi connectivity index (χ1v) is 9.67. The minimum Gasteiger partial charge on any atom is -0.368 e. The summed E-state index contributed by atoms with van der Waals surface area (Å²) in [6, 6.07) is 12.7. The Hall–Kier alpha value is -2.56. The average molecular weight is 369 g/mol. The van der Waals surface area contributed by atoms with Gasteiger partial charge in [0.05, 0.1) is 0 Å². The molecule has 0 aliphatic carbocycles. The fraction of sp³-hybridized carbons (Fsp3) is 0.409. The number of amides is 2. The third-order valence-electron chi connectivity index (χ3n) is 5.18. The maximum absolute atomic E-state index is 13.1. The lowest BCUT2D eigenvalue weighted by molar-refractivity contribution is 0.208. The number of carbonyl (C=O) groups excluding carboxylic acids is 1. The number of para-hydroxylation sites is 1. The number of halogens is 1. The Morgan fingerprint density at radius 3 is 2.33 bits per heavy atom. The molecule has 0 spiro atoms. The van der Waals surface area contributed by atoms with E-state index in [4.69, 9.17) is 0 Å². The summed E-state index contributed by atoms with van der Waals surface area (Å²) in [5, 5.41) is 3.16. The van der Waals surface area contributed by atoms with Gasteiger partial charge in [-0.2, -0.15) is 0 Å². The summed E-state index contributed by atoms with van der Waals surface area (Å²) < 4.78 is 13.1. The van der Waals surface area contributed by atoms with E-state index in [0.717, 1.165) is 30.9 Å². The molecule has 1 saturated heterocycles. The molecule has 2 aromatic carbocycles. The average Bonchev–Trinajstić information content (AvgIpc) is 2.68. The number of benzene rings is 2. The summed E-state index contributed by atoms with van der Waals surface area (Å²) in [4.78, 5) is 16.9. The molecule has 0 bridgehead atoms. The van der Waals surface area contributed by atoms with Gasteiger partial charge in [-0.25, -0.2) is 9.18 Å². The van der Waals surface area contributed by atoms with E-state index in [-0.39, 0.29) is 11.8 Å². The molecule has 4 nitrogen and oxygen atoms in total. The molecule has 1 aliphatic heterocycles. The third-order valence-corrected chi connectivity index (χ3v) is 5.18. The standard InChI is InChI=1S/C22H28FN3O/c1-4-17-6-5-7-20(16(2)3)21(17)24-22(27)26-14-12-25(13-15-26)19-10-8-18(23)9-11-19/h5-11,16H,4,12-15H2,1-3H3,(H,24,27). The molecule has 1 aliphatic rings. The molecule has 5 heteroatoms. The van der Waals surface area contributed by atoms with E-state index >= 15 is 0 Å². The fourth-order valence-corrected chi connectivity index (χ4v) is 3.55. The van der Waals surface area contributed by atoms with Crippen LogP contribution in [-0.4, -0.2) is 37.1 Å². The van der Waals surface area contributed by atoms with Crippen molar-refractivity contribution in [3.8, 4) is 0 Å². The van der Waals surface area contributed by atoms with Gasteiger partial charge in [0.1, 0.15) is 5.82 Å². The van der Waals surface area contributed by atoms with Gasteiger partial charge >= 0.3 is 6.03 Å². The van der Waals surface area contributed by atoms with Crippen LogP contribution in [0.4, 0.5) is 20.6 Å². The fourth-order valence-electron chi connectivity index (χ4n) is 3.55. The number of hydrogen-bond donors (Lipinski definition) is 1. The Morgan fingerprint density at radius 1 is 1.07 bits per heavy atom. The van der Waals surface area contributed by atoms with Crippen LogP contribution in [0.2, 0.25) is 0 Å². The Labute approximate surface area is 161 Å². The molecule has 144 valence electrons. The van der Waals surface area contributed by atoms with Crippen molar-refractivity contribution < 1.29 is 9.18 Å². The highest BCUT2D eigenvalue weighted by Gasteiger charge is 2.23. The molecule has 2 amide bonds. The zero-order chi connectivity index (χ0) is 19.4. The van der Waals surface area contributed by atoms with Crippen molar-refractivity contribution in [1.82, 2.24) is 4.90 Å². The van der Waals surface area contributed by atoms with Gasteiger partial charge in [0.2, 0.25) is 0 Å². The number of anilines is 2. The number of nitrogens with one attached hydrogen (secondary N) is 1. The lowest BCUT2D eigenvalue weighted by atomic mass is 9.96. The molecular weight excluding hydrogens is 341 g/mol. The second kappa shape index (κ2) is 8.42. The van der Waals surface area contributed by atoms with Crippen LogP contribution in [0.3, 0.4) is 0 Å². The van der Waals surface area contributed by atoms with E-state index in [1.54, 1.807) is 12.1 Å². The van der Waals surface area contributed by atoms with Gasteiger partial charge in [0.25, 0.3) is 0 Å². The van der Waals surface area contributed by atoms with Crippen LogP contribution in [0.5, 0.6) is 0 Å². The summed E-state index contributed by atoms with van der Waals surface area (Å²) in [6.45, 7) is 9.18. The quantitative estimate of drug-likeness (QED) is 0.835. The minimum atomic E-state index is -0.229. The number of carbonyl (C=O) groups is 1. The van der Waals surface area contributed by atoms with E-state index in [1.807, 2.05) is 4.90 Å². The monoisotopic (exact) mass is 369 g/mol. The maximum Gasteiger partial charge on any atom is 0.321 e. The zero-order valence-electron chi connectivity index (χ0n) is 16.3. The van der Waals surface area contributed by atoms with Crippen molar-refractivity contribution in [2.75, 3.05) is 36.4 Å². The summed E-state index contributed by atoms with van der Waals surface area (Å²) in [7, 11) is 0. The normalized spacial score (nSPS) is 14.6. The second-order valence-electron chi connectivity index (χ2n) is 7.27. The van der Waals surface area contributed by atoms with Crippen LogP contribution < -0.4 is 10.2 Å². The van der Waals surface area contributed by atoms with Gasteiger partial charge < -0.3 is 15.1 Å². The Balaban J connectivity index is 1.66. The molecule has 1 N–H and O–H groups in total. The summed E-state index contributed by atoms with van der Waals surface area (Å²) in [6.07, 6.45) is 0.883. The van der Waals surface area contributed by atoms with Crippen molar-refractivity contribution in [2.45, 2.75) is 33.1 Å². The smallest absolute Gasteiger partial charge is 0.321 e. The van der Waals surface area contributed by atoms with E-state index < -0.39 is 0 Å². The molecule has 0 saturated carbocycles. The summed E-state index contributed by atoms with van der Waals surface area (Å²) in [5.74, 6) is 0.120. The van der Waals surface area contributed by atoms with Crippen LogP contribution in [0.25, 0.3) is 0 Å². The first-order valence-electron chi connectivity index (χ1n) is 9.67. The van der Waals surface area contributed by atoms with Crippen LogP contribution in [0.15, 0.2) is 42.5 Å². The van der Waals surface area contributed by atoms with Crippen LogP contribution in [-0.2, 0) is 6.42 Å². The number of rotatable bonds is 4. The van der Waals surface area contributed by atoms with Crippen LogP contribution in [0, 0.1) is 5.82 Å². The molecule has 2 aromatic rings. The molecular formula is C22H28FN3O. The van der Waals surface area contributed by atoms with Crippen molar-refractivity contribution in [3.63, 3.8) is 0 Å². The molecule has 0 unspecified atom stereocenters. The van der Waals surface area contributed by atoms with Gasteiger partial charge in [-0.05, 0) is 47.7 Å². The molecule has 0 radical (unpaired) electrons. The van der Waals surface area contributed by atoms with E-state index in [9.17, 15) is 9.18 Å². The minimum absolute atomic E-state index is 0.0449. The van der Waals surface area contributed by atoms with Crippen LogP contribution in [0.1, 0.15) is 37.8 Å². The highest BCUT2D eigenvalue weighted by Crippen LogP contribution is 2.29. The van der Waals surface area contributed by atoms with E-state index in [0.29, 0.717) is 19.0 Å². The van der Waals surface area contributed by atoms with Gasteiger partial charge in [0.15, 0.2) is 0 Å². The number of urea groups is 1. The third kappa shape index (κ3) is 4.41. The van der Waals surface area contributed by atoms with Crippen molar-refractivity contribution in [2.24, 2.45) is 0 Å². The number of nitrogens with zero attached hydrogens (tertiary/aromatic N) is 2. The van der Waals surface area contributed by atoms with Gasteiger partial charge in [-0.1, -0.05) is 39.0 Å². The van der Waals surface area contributed by atoms with Crippen molar-refractivity contribution >= 4 is 17.4 Å².